The summed E-state index contributed by atoms with van der Waals surface area (Å²) in [4.78, 5) is 0. The van der Waals surface area contributed by atoms with E-state index in [0.29, 0.717) is 6.92 Å². The summed E-state index contributed by atoms with van der Waals surface area (Å²) in [5, 5.41) is 0. The summed E-state index contributed by atoms with van der Waals surface area (Å²) in [6, 6.07) is 0. The molecule has 0 aromatic rings. The molecule has 0 radical (unpaired) electrons. The van der Waals surface area contributed by atoms with E-state index in [1.807, 2.05) is 0 Å². The van der Waals surface area contributed by atoms with Crippen LogP contribution in [0.5, 0.6) is 0 Å². The van der Waals surface area contributed by atoms with Crippen molar-refractivity contribution in [1.29, 1.82) is 0 Å². The van der Waals surface area contributed by atoms with Crippen molar-refractivity contribution in [3.05, 3.63) is 12.8 Å². The third kappa shape index (κ3) is 3.30. The summed E-state index contributed by atoms with van der Waals surface area (Å²) in [7, 11) is 0. The molecule has 0 aliphatic carbocycles. The van der Waals surface area contributed by atoms with E-state index in [-0.39, 0.29) is 0 Å². The molecule has 2 unspecified atom stereocenters. The van der Waals surface area contributed by atoms with Gasteiger partial charge in [-0.25, -0.2) is 13.2 Å². The molecule has 1 nitrogen and oxygen atoms in total. The fourth-order valence-electron chi connectivity index (χ4n) is 0.735. The van der Waals surface area contributed by atoms with Crippen LogP contribution < -0.4 is 0 Å². The smallest absolute Gasteiger partial charge is 0.284 e. The van der Waals surface area contributed by atoms with Gasteiger partial charge >= 0.3 is 0 Å². The van der Waals surface area contributed by atoms with Gasteiger partial charge in [-0.15, -0.1) is 0 Å². The summed E-state index contributed by atoms with van der Waals surface area (Å²) in [6.07, 6.45) is -2.63. The van der Waals surface area contributed by atoms with Gasteiger partial charge in [-0.1, -0.05) is 6.58 Å². The zero-order valence-electron chi connectivity index (χ0n) is 6.48. The summed E-state index contributed by atoms with van der Waals surface area (Å²) in [5.41, 5.74) is 0. The maximum Gasteiger partial charge on any atom is 0.284 e. The highest BCUT2D eigenvalue weighted by molar-refractivity contribution is 4.79. The van der Waals surface area contributed by atoms with E-state index in [1.165, 1.54) is 0 Å². The molecule has 0 saturated heterocycles. The standard InChI is InChI=1S/C7H11F3O/c1-4-11-6(5(2)8)7(3,9)10/h4-6H,1H2,2-3H3. The van der Waals surface area contributed by atoms with Crippen molar-refractivity contribution < 1.29 is 17.9 Å². The third-order valence-corrected chi connectivity index (χ3v) is 1.16. The molecule has 0 N–H and O–H groups in total. The molecule has 0 heterocycles. The molecule has 4 heteroatoms. The second kappa shape index (κ2) is 3.64. The third-order valence-electron chi connectivity index (χ3n) is 1.16. The molecule has 0 saturated carbocycles. The van der Waals surface area contributed by atoms with Gasteiger partial charge in [0.25, 0.3) is 5.92 Å². The second-order valence-corrected chi connectivity index (χ2v) is 2.36. The Hall–Kier alpha value is -0.670. The highest BCUT2D eigenvalue weighted by Crippen LogP contribution is 2.24. The first-order valence-corrected chi connectivity index (χ1v) is 3.18. The molecule has 0 bridgehead atoms. The van der Waals surface area contributed by atoms with Crippen molar-refractivity contribution in [3.63, 3.8) is 0 Å². The maximum atomic E-state index is 12.4. The van der Waals surface area contributed by atoms with Crippen molar-refractivity contribution >= 4 is 0 Å². The average molecular weight is 168 g/mol. The summed E-state index contributed by atoms with van der Waals surface area (Å²) in [5.74, 6) is -3.18. The van der Waals surface area contributed by atoms with Crippen molar-refractivity contribution in [2.24, 2.45) is 0 Å². The number of hydrogen-bond acceptors (Lipinski definition) is 1. The lowest BCUT2D eigenvalue weighted by Gasteiger charge is -2.23. The highest BCUT2D eigenvalue weighted by Gasteiger charge is 2.39. The number of halogens is 3. The monoisotopic (exact) mass is 168 g/mol. The van der Waals surface area contributed by atoms with E-state index in [0.717, 1.165) is 13.2 Å². The number of hydrogen-bond donors (Lipinski definition) is 0. The van der Waals surface area contributed by atoms with Crippen LogP contribution in [0.2, 0.25) is 0 Å². The maximum absolute atomic E-state index is 12.4. The minimum atomic E-state index is -3.18. The molecular weight excluding hydrogens is 157 g/mol. The van der Waals surface area contributed by atoms with Crippen LogP contribution in [-0.4, -0.2) is 18.2 Å². The van der Waals surface area contributed by atoms with E-state index in [1.54, 1.807) is 0 Å². The topological polar surface area (TPSA) is 9.23 Å². The molecule has 0 aliphatic heterocycles. The second-order valence-electron chi connectivity index (χ2n) is 2.36. The molecule has 0 fully saturated rings. The molecule has 0 spiro atoms. The van der Waals surface area contributed by atoms with E-state index in [9.17, 15) is 13.2 Å². The number of ether oxygens (including phenoxy) is 1. The van der Waals surface area contributed by atoms with Gasteiger partial charge in [-0.05, 0) is 6.92 Å². The fourth-order valence-corrected chi connectivity index (χ4v) is 0.735. The first-order valence-electron chi connectivity index (χ1n) is 3.18. The Morgan fingerprint density at radius 2 is 2.00 bits per heavy atom. The van der Waals surface area contributed by atoms with Crippen LogP contribution in [0.1, 0.15) is 13.8 Å². The lowest BCUT2D eigenvalue weighted by molar-refractivity contribution is -0.123. The SMILES string of the molecule is C=COC(C(C)F)C(C)(F)F. The zero-order chi connectivity index (χ0) is 9.07. The fraction of sp³-hybridized carbons (Fsp3) is 0.714. The first kappa shape index (κ1) is 10.3. The van der Waals surface area contributed by atoms with Gasteiger partial charge in [0.05, 0.1) is 6.26 Å². The largest absolute Gasteiger partial charge is 0.489 e. The Morgan fingerprint density at radius 3 is 2.09 bits per heavy atom. The van der Waals surface area contributed by atoms with Crippen LogP contribution >= 0.6 is 0 Å². The van der Waals surface area contributed by atoms with E-state index in [4.69, 9.17) is 0 Å². The zero-order valence-corrected chi connectivity index (χ0v) is 6.48. The predicted octanol–water partition coefficient (Wildman–Crippen LogP) is 2.53. The molecule has 0 aliphatic rings. The average Bonchev–Trinajstić information content (AvgIpc) is 1.79. The Kier molecular flexibility index (Phi) is 3.42. The van der Waals surface area contributed by atoms with Gasteiger partial charge in [0.15, 0.2) is 6.10 Å². The van der Waals surface area contributed by atoms with Gasteiger partial charge in [0.2, 0.25) is 0 Å². The molecule has 0 aromatic carbocycles. The molecule has 0 aromatic heterocycles. The molecule has 11 heavy (non-hydrogen) atoms. The van der Waals surface area contributed by atoms with Crippen molar-refractivity contribution in [1.82, 2.24) is 0 Å². The summed E-state index contributed by atoms with van der Waals surface area (Å²) < 4.78 is 41.5. The first-order chi connectivity index (χ1) is 4.89. The van der Waals surface area contributed by atoms with E-state index >= 15 is 0 Å². The number of alkyl halides is 3. The van der Waals surface area contributed by atoms with E-state index in [2.05, 4.69) is 11.3 Å². The normalized spacial score (nSPS) is 17.2. The Labute approximate surface area is 63.8 Å². The van der Waals surface area contributed by atoms with Gasteiger partial charge < -0.3 is 4.74 Å². The van der Waals surface area contributed by atoms with Crippen LogP contribution in [0, 0.1) is 0 Å². The Morgan fingerprint density at radius 1 is 1.55 bits per heavy atom. The lowest BCUT2D eigenvalue weighted by atomic mass is 10.1. The summed E-state index contributed by atoms with van der Waals surface area (Å²) >= 11 is 0. The molecule has 66 valence electrons. The van der Waals surface area contributed by atoms with Crippen LogP contribution in [-0.2, 0) is 4.74 Å². The lowest BCUT2D eigenvalue weighted by Crippen LogP contribution is -2.38. The Balaban J connectivity index is 4.21. The van der Waals surface area contributed by atoms with Crippen LogP contribution in [0.3, 0.4) is 0 Å². The molecule has 0 rings (SSSR count). The number of rotatable bonds is 4. The quantitative estimate of drug-likeness (QED) is 0.586. The molecule has 2 atom stereocenters. The van der Waals surface area contributed by atoms with Crippen molar-refractivity contribution in [3.8, 4) is 0 Å². The van der Waals surface area contributed by atoms with E-state index < -0.39 is 18.2 Å². The molecule has 0 amide bonds. The van der Waals surface area contributed by atoms with Crippen LogP contribution in [0.4, 0.5) is 13.2 Å². The predicted molar refractivity (Wildman–Crippen MR) is 36.3 cm³/mol. The van der Waals surface area contributed by atoms with Crippen molar-refractivity contribution in [2.45, 2.75) is 32.0 Å². The molecular formula is C7H11F3O. The van der Waals surface area contributed by atoms with Gasteiger partial charge in [0.1, 0.15) is 6.17 Å². The van der Waals surface area contributed by atoms with Crippen LogP contribution in [0.15, 0.2) is 12.8 Å². The van der Waals surface area contributed by atoms with Gasteiger partial charge in [-0.3, -0.25) is 0 Å². The summed E-state index contributed by atoms with van der Waals surface area (Å²) in [6.45, 7) is 4.70. The highest BCUT2D eigenvalue weighted by atomic mass is 19.3. The minimum Gasteiger partial charge on any atom is -0.489 e. The van der Waals surface area contributed by atoms with Gasteiger partial charge in [-0.2, -0.15) is 0 Å². The van der Waals surface area contributed by atoms with Gasteiger partial charge in [0, 0.05) is 6.92 Å². The Bertz CT molecular complexity index is 128. The van der Waals surface area contributed by atoms with Crippen LogP contribution in [0.25, 0.3) is 0 Å². The minimum absolute atomic E-state index is 0.608. The van der Waals surface area contributed by atoms with Crippen molar-refractivity contribution in [2.75, 3.05) is 0 Å².